The maximum Gasteiger partial charge on any atom is 0.507 e. The van der Waals surface area contributed by atoms with Crippen molar-refractivity contribution >= 4 is 17.6 Å². The first-order valence-electron chi connectivity index (χ1n) is 7.21. The predicted molar refractivity (Wildman–Crippen MR) is 79.4 cm³/mol. The fraction of sp³-hybridized carbons (Fsp3) is 0.133. The summed E-state index contributed by atoms with van der Waals surface area (Å²) in [5, 5.41) is 1.96. The van der Waals surface area contributed by atoms with Gasteiger partial charge >= 0.3 is 12.2 Å². The number of imide groups is 1. The van der Waals surface area contributed by atoms with Gasteiger partial charge in [-0.2, -0.15) is 17.6 Å². The van der Waals surface area contributed by atoms with Crippen LogP contribution in [-0.2, 0) is 0 Å². The second-order valence-corrected chi connectivity index (χ2v) is 5.64. The number of hydrogen-bond donors (Lipinski definition) is 2. The summed E-state index contributed by atoms with van der Waals surface area (Å²) in [5.74, 6) is -3.54. The Bertz CT molecular complexity index is 1100. The van der Waals surface area contributed by atoms with Crippen LogP contribution in [0.3, 0.4) is 0 Å². The fourth-order valence-corrected chi connectivity index (χ4v) is 2.74. The molecular weight excluding hydrogens is 378 g/mol. The zero-order chi connectivity index (χ0) is 19.7. The van der Waals surface area contributed by atoms with E-state index in [2.05, 4.69) is 9.47 Å². The Morgan fingerprint density at radius 3 is 2.22 bits per heavy atom. The zero-order valence-corrected chi connectivity index (χ0v) is 12.9. The lowest BCUT2D eigenvalue weighted by Gasteiger charge is -2.32. The van der Waals surface area contributed by atoms with Gasteiger partial charge in [-0.25, -0.2) is 0 Å². The fourth-order valence-electron chi connectivity index (χ4n) is 2.74. The maximum absolute atomic E-state index is 13.3. The monoisotopic (exact) mass is 385 g/mol. The number of nitrogens with one attached hydrogen (secondary N) is 1. The summed E-state index contributed by atoms with van der Waals surface area (Å²) in [5.41, 5.74) is 4.27. The number of nitrogens with zero attached hydrogens (tertiary/aromatic N) is 1. The standard InChI is InChI=1S/C15H7F4N3O5/c16-14(17)15(18,19)27-8-3-5(1-2-7(8)26-14)22-9(23)4-6-10(11(22)20)13(25)21-12(6)24/h1-4H,20H2,(H,21,24,25). The number of amides is 2. The lowest BCUT2D eigenvalue weighted by atomic mass is 10.1. The van der Waals surface area contributed by atoms with Gasteiger partial charge in [0.25, 0.3) is 17.4 Å². The largest absolute Gasteiger partial charge is 0.507 e. The Kier molecular flexibility index (Phi) is 3.12. The summed E-state index contributed by atoms with van der Waals surface area (Å²) in [6, 6.07) is 3.60. The van der Waals surface area contributed by atoms with E-state index in [1.165, 1.54) is 0 Å². The number of alkyl halides is 4. The van der Waals surface area contributed by atoms with E-state index in [4.69, 9.17) is 5.73 Å². The number of pyridine rings is 1. The van der Waals surface area contributed by atoms with E-state index in [0.29, 0.717) is 0 Å². The summed E-state index contributed by atoms with van der Waals surface area (Å²) < 4.78 is 61.8. The molecule has 0 fully saturated rings. The van der Waals surface area contributed by atoms with Crippen molar-refractivity contribution in [1.29, 1.82) is 0 Å². The minimum absolute atomic E-state index is 0.171. The Hall–Kier alpha value is -3.57. The lowest BCUT2D eigenvalue weighted by molar-refractivity contribution is -0.391. The van der Waals surface area contributed by atoms with Gasteiger partial charge in [-0.1, -0.05) is 0 Å². The van der Waals surface area contributed by atoms with Crippen LogP contribution in [0.15, 0.2) is 29.1 Å². The van der Waals surface area contributed by atoms with Gasteiger partial charge in [0.1, 0.15) is 5.82 Å². The smallest absolute Gasteiger partial charge is 0.421 e. The molecule has 0 saturated heterocycles. The first kappa shape index (κ1) is 16.9. The number of fused-ring (bicyclic) bond motifs is 2. The van der Waals surface area contributed by atoms with E-state index in [1.807, 2.05) is 5.32 Å². The van der Waals surface area contributed by atoms with Crippen LogP contribution in [0.4, 0.5) is 23.4 Å². The van der Waals surface area contributed by atoms with E-state index in [1.54, 1.807) is 0 Å². The number of ether oxygens (including phenoxy) is 2. The van der Waals surface area contributed by atoms with E-state index >= 15 is 0 Å². The van der Waals surface area contributed by atoms with Crippen LogP contribution >= 0.6 is 0 Å². The molecule has 2 amide bonds. The van der Waals surface area contributed by atoms with Gasteiger partial charge in [0.05, 0.1) is 16.8 Å². The molecule has 0 saturated carbocycles. The Labute approximate surface area is 146 Å². The molecule has 140 valence electrons. The maximum atomic E-state index is 13.3. The highest BCUT2D eigenvalue weighted by atomic mass is 19.3. The van der Waals surface area contributed by atoms with Crippen LogP contribution < -0.4 is 26.1 Å². The molecule has 0 aliphatic carbocycles. The van der Waals surface area contributed by atoms with Crippen molar-refractivity contribution in [3.63, 3.8) is 0 Å². The number of anilines is 1. The molecule has 8 nitrogen and oxygen atoms in total. The zero-order valence-electron chi connectivity index (χ0n) is 12.9. The van der Waals surface area contributed by atoms with Crippen LogP contribution in [0.25, 0.3) is 5.69 Å². The number of rotatable bonds is 1. The Balaban J connectivity index is 1.88. The third-order valence-electron chi connectivity index (χ3n) is 3.95. The van der Waals surface area contributed by atoms with E-state index in [9.17, 15) is 31.9 Å². The van der Waals surface area contributed by atoms with Crippen LogP contribution in [-0.4, -0.2) is 28.6 Å². The molecular formula is C15H7F4N3O5. The molecule has 3 N–H and O–H groups in total. The second-order valence-electron chi connectivity index (χ2n) is 5.64. The molecule has 12 heteroatoms. The van der Waals surface area contributed by atoms with Gasteiger partial charge < -0.3 is 15.2 Å². The molecule has 3 heterocycles. The SMILES string of the molecule is Nc1c2c(cc(=O)n1-c1ccc3c(c1)OC(F)(F)C(F)(F)O3)C(=O)NC2=O. The molecule has 0 unspecified atom stereocenters. The Morgan fingerprint density at radius 1 is 0.926 bits per heavy atom. The average Bonchev–Trinajstić information content (AvgIpc) is 2.82. The molecule has 1 aromatic heterocycles. The van der Waals surface area contributed by atoms with Gasteiger partial charge in [0.2, 0.25) is 0 Å². The van der Waals surface area contributed by atoms with E-state index in [-0.39, 0.29) is 16.8 Å². The van der Waals surface area contributed by atoms with Gasteiger partial charge in [-0.05, 0) is 12.1 Å². The molecule has 2 aliphatic heterocycles. The topological polar surface area (TPSA) is 113 Å². The van der Waals surface area contributed by atoms with E-state index in [0.717, 1.165) is 28.8 Å². The average molecular weight is 385 g/mol. The molecule has 0 atom stereocenters. The van der Waals surface area contributed by atoms with Crippen molar-refractivity contribution in [3.8, 4) is 17.2 Å². The van der Waals surface area contributed by atoms with Gasteiger partial charge in [-0.15, -0.1) is 0 Å². The number of halogens is 4. The first-order valence-corrected chi connectivity index (χ1v) is 7.21. The quantitative estimate of drug-likeness (QED) is 0.565. The summed E-state index contributed by atoms with van der Waals surface area (Å²) in [4.78, 5) is 35.8. The minimum Gasteiger partial charge on any atom is -0.421 e. The number of nitrogens with two attached hydrogens (primary N) is 1. The predicted octanol–water partition coefficient (Wildman–Crippen LogP) is 1.26. The molecule has 27 heavy (non-hydrogen) atoms. The molecule has 0 bridgehead atoms. The highest BCUT2D eigenvalue weighted by molar-refractivity contribution is 6.23. The molecule has 1 aromatic carbocycles. The van der Waals surface area contributed by atoms with Crippen molar-refractivity contribution in [1.82, 2.24) is 9.88 Å². The third kappa shape index (κ3) is 2.26. The summed E-state index contributed by atoms with van der Waals surface area (Å²) in [6.07, 6.45) is -9.83. The molecule has 2 aliphatic rings. The molecule has 0 spiro atoms. The van der Waals surface area contributed by atoms with Crippen molar-refractivity contribution in [2.24, 2.45) is 0 Å². The highest BCUT2D eigenvalue weighted by Gasteiger charge is 2.65. The lowest BCUT2D eigenvalue weighted by Crippen LogP contribution is -2.52. The molecule has 4 rings (SSSR count). The Morgan fingerprint density at radius 2 is 1.56 bits per heavy atom. The van der Waals surface area contributed by atoms with Crippen LogP contribution in [0.1, 0.15) is 20.7 Å². The van der Waals surface area contributed by atoms with Crippen LogP contribution in [0, 0.1) is 0 Å². The number of carbonyl (C=O) groups is 2. The molecule has 2 aromatic rings. The summed E-state index contributed by atoms with van der Waals surface area (Å²) in [7, 11) is 0. The van der Waals surface area contributed by atoms with Crippen LogP contribution in [0.2, 0.25) is 0 Å². The normalized spacial score (nSPS) is 18.8. The van der Waals surface area contributed by atoms with Crippen LogP contribution in [0.5, 0.6) is 11.5 Å². The second kappa shape index (κ2) is 4.99. The minimum atomic E-state index is -4.95. The van der Waals surface area contributed by atoms with Crippen molar-refractivity contribution in [3.05, 3.63) is 45.7 Å². The van der Waals surface area contributed by atoms with Gasteiger partial charge in [-0.3, -0.25) is 24.3 Å². The number of benzene rings is 1. The molecule has 0 radical (unpaired) electrons. The van der Waals surface area contributed by atoms with Crippen molar-refractivity contribution in [2.75, 3.05) is 5.73 Å². The van der Waals surface area contributed by atoms with Crippen molar-refractivity contribution in [2.45, 2.75) is 12.2 Å². The van der Waals surface area contributed by atoms with Gasteiger partial charge in [0.15, 0.2) is 11.5 Å². The number of carbonyl (C=O) groups excluding carboxylic acids is 2. The van der Waals surface area contributed by atoms with E-state index < -0.39 is 46.9 Å². The number of hydrogen-bond acceptors (Lipinski definition) is 6. The summed E-state index contributed by atoms with van der Waals surface area (Å²) >= 11 is 0. The number of nitrogen functional groups attached to an aromatic ring is 1. The third-order valence-corrected chi connectivity index (χ3v) is 3.95. The number of aromatic nitrogens is 1. The van der Waals surface area contributed by atoms with Crippen molar-refractivity contribution < 1.29 is 36.6 Å². The summed E-state index contributed by atoms with van der Waals surface area (Å²) in [6.45, 7) is 0. The first-order chi connectivity index (χ1) is 12.5. The highest BCUT2D eigenvalue weighted by Crippen LogP contribution is 2.47. The van der Waals surface area contributed by atoms with Gasteiger partial charge in [0, 0.05) is 12.1 Å².